The fourth-order valence-corrected chi connectivity index (χ4v) is 5.42. The van der Waals surface area contributed by atoms with Gasteiger partial charge in [-0.05, 0) is 42.8 Å². The maximum Gasteiger partial charge on any atom is 0.270 e. The molecule has 6 rings (SSSR count). The molecule has 0 bridgehead atoms. The van der Waals surface area contributed by atoms with Crippen LogP contribution in [0.3, 0.4) is 0 Å². The molecule has 1 aromatic heterocycles. The maximum absolute atomic E-state index is 13.6. The number of hydrogen-bond acceptors (Lipinski definition) is 8. The lowest BCUT2D eigenvalue weighted by Gasteiger charge is -2.35. The van der Waals surface area contributed by atoms with Gasteiger partial charge < -0.3 is 15.5 Å². The number of piperazine rings is 1. The van der Waals surface area contributed by atoms with Crippen LogP contribution >= 0.6 is 23.2 Å². The number of fused-ring (bicyclic) bond motifs is 3. The van der Waals surface area contributed by atoms with E-state index in [9.17, 15) is 4.79 Å². The Bertz CT molecular complexity index is 1370. The van der Waals surface area contributed by atoms with E-state index < -0.39 is 0 Å². The topological polar surface area (TPSA) is 89.0 Å². The van der Waals surface area contributed by atoms with Crippen molar-refractivity contribution in [2.75, 3.05) is 59.3 Å². The molecule has 0 spiro atoms. The van der Waals surface area contributed by atoms with Gasteiger partial charge in [-0.2, -0.15) is 4.98 Å². The Kier molecular flexibility index (Phi) is 5.91. The van der Waals surface area contributed by atoms with Gasteiger partial charge in [-0.1, -0.05) is 29.3 Å². The fraction of sp³-hybridized carbons (Fsp3) is 0.280. The van der Waals surface area contributed by atoms with E-state index in [1.165, 1.54) is 16.2 Å². The largest absolute Gasteiger partial charge is 0.369 e. The van der Waals surface area contributed by atoms with Gasteiger partial charge in [0.25, 0.3) is 5.91 Å². The van der Waals surface area contributed by atoms with Crippen LogP contribution in [0.25, 0.3) is 0 Å². The zero-order valence-electron chi connectivity index (χ0n) is 19.6. The van der Waals surface area contributed by atoms with Crippen molar-refractivity contribution in [1.82, 2.24) is 15.3 Å². The molecule has 2 N–H and O–H groups in total. The molecule has 1 fully saturated rings. The van der Waals surface area contributed by atoms with Crippen molar-refractivity contribution in [1.29, 1.82) is 0 Å². The molecule has 1 saturated heterocycles. The Labute approximate surface area is 218 Å². The molecule has 2 aromatic carbocycles. The number of carbonyl (C=O) groups excluding carboxylic acids is 1. The van der Waals surface area contributed by atoms with Gasteiger partial charge in [0.1, 0.15) is 5.56 Å². The summed E-state index contributed by atoms with van der Waals surface area (Å²) in [4.78, 5) is 33.0. The SMILES string of the molecule is Cc1cc(Nc2ncc3c(n2)N2CCN=C2N(c2c(Cl)cccc2Cl)C3=O)ccc1N1CCNCC1. The highest BCUT2D eigenvalue weighted by Crippen LogP contribution is 2.39. The number of para-hydroxylation sites is 1. The van der Waals surface area contributed by atoms with Crippen LogP contribution in [0.1, 0.15) is 15.9 Å². The third kappa shape index (κ3) is 3.93. The molecule has 0 saturated carbocycles. The lowest BCUT2D eigenvalue weighted by molar-refractivity contribution is 0.1000. The maximum atomic E-state index is 13.6. The standard InChI is InChI=1S/C25H24Cl2N8O/c1-15-13-16(5-6-20(15)33-10-7-28-8-11-33)31-24-30-14-17-22(32-24)34-12-9-29-25(34)35(23(17)36)21-18(26)3-2-4-19(21)27/h2-6,13-14,28H,7-12H2,1H3,(H,30,31,32). The Hall–Kier alpha value is -3.40. The van der Waals surface area contributed by atoms with Crippen molar-refractivity contribution in [2.24, 2.45) is 4.99 Å². The van der Waals surface area contributed by atoms with Gasteiger partial charge in [0, 0.05) is 50.3 Å². The summed E-state index contributed by atoms with van der Waals surface area (Å²) in [6.45, 7) is 7.18. The van der Waals surface area contributed by atoms with Crippen molar-refractivity contribution in [3.05, 3.63) is 63.8 Å². The van der Waals surface area contributed by atoms with Crippen molar-refractivity contribution in [3.63, 3.8) is 0 Å². The normalized spacial score (nSPS) is 17.1. The first-order valence-electron chi connectivity index (χ1n) is 11.8. The smallest absolute Gasteiger partial charge is 0.270 e. The van der Waals surface area contributed by atoms with Crippen LogP contribution < -0.4 is 25.3 Å². The number of aliphatic imine (C=N–C) groups is 1. The third-order valence-electron chi connectivity index (χ3n) is 6.55. The van der Waals surface area contributed by atoms with E-state index in [2.05, 4.69) is 44.6 Å². The van der Waals surface area contributed by atoms with Crippen LogP contribution in [0.15, 0.2) is 47.6 Å². The van der Waals surface area contributed by atoms with E-state index in [0.29, 0.717) is 52.1 Å². The summed E-state index contributed by atoms with van der Waals surface area (Å²) in [5.41, 5.74) is 4.06. The second-order valence-electron chi connectivity index (χ2n) is 8.84. The fourth-order valence-electron chi connectivity index (χ4n) is 4.86. The molecule has 0 atom stereocenters. The summed E-state index contributed by atoms with van der Waals surface area (Å²) in [6.07, 6.45) is 1.54. The number of hydrogen-bond donors (Lipinski definition) is 2. The summed E-state index contributed by atoms with van der Waals surface area (Å²) in [5, 5.41) is 7.42. The Morgan fingerprint density at radius 1 is 1.06 bits per heavy atom. The van der Waals surface area contributed by atoms with Crippen LogP contribution in [0.2, 0.25) is 10.0 Å². The van der Waals surface area contributed by atoms with Gasteiger partial charge >= 0.3 is 0 Å². The number of carbonyl (C=O) groups is 1. The van der Waals surface area contributed by atoms with Crippen molar-refractivity contribution in [3.8, 4) is 0 Å². The number of nitrogens with one attached hydrogen (secondary N) is 2. The van der Waals surface area contributed by atoms with Gasteiger partial charge in [0.05, 0.1) is 22.3 Å². The van der Waals surface area contributed by atoms with Gasteiger partial charge in [0.2, 0.25) is 11.9 Å². The zero-order valence-corrected chi connectivity index (χ0v) is 21.1. The predicted octanol–water partition coefficient (Wildman–Crippen LogP) is 4.08. The number of aromatic nitrogens is 2. The summed E-state index contributed by atoms with van der Waals surface area (Å²) < 4.78 is 0. The number of anilines is 5. The highest BCUT2D eigenvalue weighted by Gasteiger charge is 2.41. The van der Waals surface area contributed by atoms with E-state index in [4.69, 9.17) is 28.2 Å². The Balaban J connectivity index is 1.31. The third-order valence-corrected chi connectivity index (χ3v) is 7.16. The molecule has 0 aliphatic carbocycles. The molecule has 4 heterocycles. The number of halogens is 2. The number of amides is 1. The molecule has 0 radical (unpaired) electrons. The highest BCUT2D eigenvalue weighted by atomic mass is 35.5. The molecule has 0 unspecified atom stereocenters. The molecule has 3 aliphatic heterocycles. The molecule has 3 aromatic rings. The van der Waals surface area contributed by atoms with Crippen LogP contribution in [0.5, 0.6) is 0 Å². The van der Waals surface area contributed by atoms with E-state index in [1.807, 2.05) is 11.0 Å². The van der Waals surface area contributed by atoms with Crippen LogP contribution in [-0.4, -0.2) is 61.1 Å². The van der Waals surface area contributed by atoms with Crippen LogP contribution in [0.4, 0.5) is 28.8 Å². The van der Waals surface area contributed by atoms with E-state index in [-0.39, 0.29) is 5.91 Å². The van der Waals surface area contributed by atoms with Crippen molar-refractivity contribution in [2.45, 2.75) is 6.92 Å². The molecule has 36 heavy (non-hydrogen) atoms. The lowest BCUT2D eigenvalue weighted by Crippen LogP contribution is -2.51. The molecule has 184 valence electrons. The number of benzene rings is 2. The predicted molar refractivity (Wildman–Crippen MR) is 144 cm³/mol. The molecule has 9 nitrogen and oxygen atoms in total. The second kappa shape index (κ2) is 9.24. The number of nitrogens with zero attached hydrogens (tertiary/aromatic N) is 6. The molecular formula is C25H24Cl2N8O. The highest BCUT2D eigenvalue weighted by molar-refractivity contribution is 6.43. The van der Waals surface area contributed by atoms with Gasteiger partial charge in [-0.25, -0.2) is 9.88 Å². The zero-order chi connectivity index (χ0) is 24.8. The van der Waals surface area contributed by atoms with E-state index in [0.717, 1.165) is 31.9 Å². The average Bonchev–Trinajstić information content (AvgIpc) is 3.36. The van der Waals surface area contributed by atoms with Gasteiger partial charge in [-0.15, -0.1) is 0 Å². The Morgan fingerprint density at radius 2 is 1.83 bits per heavy atom. The molecule has 11 heteroatoms. The van der Waals surface area contributed by atoms with Crippen molar-refractivity contribution < 1.29 is 4.79 Å². The lowest BCUT2D eigenvalue weighted by atomic mass is 10.1. The number of rotatable bonds is 4. The van der Waals surface area contributed by atoms with Gasteiger partial charge in [-0.3, -0.25) is 14.7 Å². The number of aryl methyl sites for hydroxylation is 1. The van der Waals surface area contributed by atoms with Crippen LogP contribution in [-0.2, 0) is 0 Å². The first-order valence-corrected chi connectivity index (χ1v) is 12.6. The van der Waals surface area contributed by atoms with Crippen LogP contribution in [0, 0.1) is 6.92 Å². The minimum atomic E-state index is -0.320. The minimum Gasteiger partial charge on any atom is -0.369 e. The summed E-state index contributed by atoms with van der Waals surface area (Å²) in [7, 11) is 0. The molecule has 3 aliphatic rings. The Morgan fingerprint density at radius 3 is 2.58 bits per heavy atom. The van der Waals surface area contributed by atoms with E-state index in [1.54, 1.807) is 24.4 Å². The monoisotopic (exact) mass is 522 g/mol. The molecule has 1 amide bonds. The number of guanidine groups is 1. The first kappa shape index (κ1) is 23.0. The first-order chi connectivity index (χ1) is 17.5. The second-order valence-corrected chi connectivity index (χ2v) is 9.65. The summed E-state index contributed by atoms with van der Waals surface area (Å²) in [5.74, 6) is 1.07. The summed E-state index contributed by atoms with van der Waals surface area (Å²) in [6, 6.07) is 11.4. The summed E-state index contributed by atoms with van der Waals surface area (Å²) >= 11 is 12.9. The average molecular weight is 523 g/mol. The van der Waals surface area contributed by atoms with Crippen molar-refractivity contribution >= 4 is 63.9 Å². The quantitative estimate of drug-likeness (QED) is 0.533. The van der Waals surface area contributed by atoms with Gasteiger partial charge in [0.15, 0.2) is 5.82 Å². The molecular weight excluding hydrogens is 499 g/mol. The van der Waals surface area contributed by atoms with E-state index >= 15 is 0 Å². The minimum absolute atomic E-state index is 0.320.